The molecule has 21 heavy (non-hydrogen) atoms. The Morgan fingerprint density at radius 3 is 1.33 bits per heavy atom. The van der Waals surface area contributed by atoms with Crippen LogP contribution in [-0.2, 0) is 12.8 Å². The molecular formula is C17H20O4. The Balaban J connectivity index is 1.72. The molecule has 0 spiro atoms. The van der Waals surface area contributed by atoms with E-state index in [1.165, 1.54) is 12.1 Å². The summed E-state index contributed by atoms with van der Waals surface area (Å²) in [7, 11) is 0. The molecule has 2 rings (SSSR count). The van der Waals surface area contributed by atoms with E-state index in [9.17, 15) is 20.4 Å². The monoisotopic (exact) mass is 288 g/mol. The maximum Gasteiger partial charge on any atom is 0.157 e. The third-order valence-corrected chi connectivity index (χ3v) is 3.51. The zero-order valence-electron chi connectivity index (χ0n) is 11.8. The molecule has 0 saturated heterocycles. The molecule has 0 aliphatic heterocycles. The first kappa shape index (κ1) is 15.0. The van der Waals surface area contributed by atoms with Crippen molar-refractivity contribution < 1.29 is 20.4 Å². The molecule has 0 amide bonds. The Labute approximate surface area is 123 Å². The summed E-state index contributed by atoms with van der Waals surface area (Å²) in [5.41, 5.74) is 2.01. The van der Waals surface area contributed by atoms with Gasteiger partial charge in [-0.05, 0) is 61.1 Å². The van der Waals surface area contributed by atoms with E-state index in [4.69, 9.17) is 0 Å². The van der Waals surface area contributed by atoms with Crippen LogP contribution in [0.5, 0.6) is 23.0 Å². The van der Waals surface area contributed by atoms with Crippen LogP contribution in [-0.4, -0.2) is 20.4 Å². The largest absolute Gasteiger partial charge is 0.504 e. The summed E-state index contributed by atoms with van der Waals surface area (Å²) in [5, 5.41) is 37.3. The number of hydrogen-bond acceptors (Lipinski definition) is 4. The van der Waals surface area contributed by atoms with Gasteiger partial charge < -0.3 is 20.4 Å². The second-order valence-electron chi connectivity index (χ2n) is 5.21. The van der Waals surface area contributed by atoms with E-state index >= 15 is 0 Å². The highest BCUT2D eigenvalue weighted by Crippen LogP contribution is 2.27. The number of phenols is 4. The molecule has 0 saturated carbocycles. The van der Waals surface area contributed by atoms with E-state index in [1.54, 1.807) is 12.1 Å². The second-order valence-corrected chi connectivity index (χ2v) is 5.21. The van der Waals surface area contributed by atoms with Crippen molar-refractivity contribution in [1.82, 2.24) is 0 Å². The Kier molecular flexibility index (Phi) is 4.93. The molecule has 0 fully saturated rings. The van der Waals surface area contributed by atoms with Gasteiger partial charge in [-0.2, -0.15) is 0 Å². The molecule has 112 valence electrons. The Morgan fingerprint density at radius 2 is 0.952 bits per heavy atom. The van der Waals surface area contributed by atoms with Gasteiger partial charge in [0.05, 0.1) is 0 Å². The van der Waals surface area contributed by atoms with Crippen molar-refractivity contribution >= 4 is 0 Å². The SMILES string of the molecule is Oc1ccc(CCCCCc2ccc(O)c(O)c2)cc1O. The maximum absolute atomic E-state index is 9.41. The summed E-state index contributed by atoms with van der Waals surface area (Å²) in [6, 6.07) is 9.81. The smallest absolute Gasteiger partial charge is 0.157 e. The van der Waals surface area contributed by atoms with Crippen LogP contribution < -0.4 is 0 Å². The van der Waals surface area contributed by atoms with E-state index in [2.05, 4.69) is 0 Å². The van der Waals surface area contributed by atoms with Gasteiger partial charge in [0.15, 0.2) is 23.0 Å². The van der Waals surface area contributed by atoms with Crippen molar-refractivity contribution in [2.24, 2.45) is 0 Å². The average Bonchev–Trinajstić information content (AvgIpc) is 2.46. The minimum Gasteiger partial charge on any atom is -0.504 e. The molecule has 0 aliphatic carbocycles. The predicted octanol–water partition coefficient (Wildman–Crippen LogP) is 3.46. The number of rotatable bonds is 6. The lowest BCUT2D eigenvalue weighted by Crippen LogP contribution is -1.89. The highest BCUT2D eigenvalue weighted by molar-refractivity contribution is 5.41. The van der Waals surface area contributed by atoms with Crippen molar-refractivity contribution in [2.45, 2.75) is 32.1 Å². The molecule has 4 N–H and O–H groups in total. The summed E-state index contributed by atoms with van der Waals surface area (Å²) >= 11 is 0. The fraction of sp³-hybridized carbons (Fsp3) is 0.294. The van der Waals surface area contributed by atoms with Crippen molar-refractivity contribution in [2.75, 3.05) is 0 Å². The van der Waals surface area contributed by atoms with Crippen molar-refractivity contribution in [3.63, 3.8) is 0 Å². The lowest BCUT2D eigenvalue weighted by Gasteiger charge is -2.05. The van der Waals surface area contributed by atoms with Crippen molar-refractivity contribution in [3.8, 4) is 23.0 Å². The van der Waals surface area contributed by atoms with Crippen molar-refractivity contribution in [3.05, 3.63) is 47.5 Å². The minimum atomic E-state index is -0.0918. The van der Waals surface area contributed by atoms with Gasteiger partial charge in [0.25, 0.3) is 0 Å². The van der Waals surface area contributed by atoms with E-state index in [1.807, 2.05) is 12.1 Å². The molecule has 0 aliphatic rings. The number of unbranched alkanes of at least 4 members (excludes halogenated alkanes) is 2. The molecule has 2 aromatic carbocycles. The molecular weight excluding hydrogens is 268 g/mol. The summed E-state index contributed by atoms with van der Waals surface area (Å²) < 4.78 is 0. The zero-order valence-corrected chi connectivity index (χ0v) is 11.8. The number of aromatic hydroxyl groups is 4. The lowest BCUT2D eigenvalue weighted by atomic mass is 10.0. The molecule has 0 atom stereocenters. The second kappa shape index (κ2) is 6.88. The van der Waals surface area contributed by atoms with E-state index in [-0.39, 0.29) is 23.0 Å². The molecule has 0 unspecified atom stereocenters. The third-order valence-electron chi connectivity index (χ3n) is 3.51. The molecule has 4 heteroatoms. The van der Waals surface area contributed by atoms with Gasteiger partial charge in [0.2, 0.25) is 0 Å². The molecule has 0 radical (unpaired) electrons. The zero-order chi connectivity index (χ0) is 15.2. The van der Waals surface area contributed by atoms with E-state index in [0.29, 0.717) is 0 Å². The minimum absolute atomic E-state index is 0.0768. The number of aryl methyl sites for hydroxylation is 2. The summed E-state index contributed by atoms with van der Waals surface area (Å²) in [6.45, 7) is 0. The van der Waals surface area contributed by atoms with Crippen LogP contribution in [0, 0.1) is 0 Å². The third kappa shape index (κ3) is 4.31. The predicted molar refractivity (Wildman–Crippen MR) is 80.8 cm³/mol. The van der Waals surface area contributed by atoms with Crippen LogP contribution in [0.3, 0.4) is 0 Å². The number of benzene rings is 2. The highest BCUT2D eigenvalue weighted by atomic mass is 16.3. The van der Waals surface area contributed by atoms with Gasteiger partial charge >= 0.3 is 0 Å². The molecule has 4 nitrogen and oxygen atoms in total. The van der Waals surface area contributed by atoms with Crippen LogP contribution in [0.2, 0.25) is 0 Å². The fourth-order valence-electron chi connectivity index (χ4n) is 2.28. The first-order valence-electron chi connectivity index (χ1n) is 7.08. The van der Waals surface area contributed by atoms with E-state index < -0.39 is 0 Å². The van der Waals surface area contributed by atoms with Crippen LogP contribution in [0.4, 0.5) is 0 Å². The molecule has 0 heterocycles. The van der Waals surface area contributed by atoms with Gasteiger partial charge in [-0.15, -0.1) is 0 Å². The Bertz CT molecular complexity index is 554. The van der Waals surface area contributed by atoms with Crippen LogP contribution in [0.25, 0.3) is 0 Å². The van der Waals surface area contributed by atoms with Gasteiger partial charge in [-0.3, -0.25) is 0 Å². The van der Waals surface area contributed by atoms with Gasteiger partial charge in [0.1, 0.15) is 0 Å². The van der Waals surface area contributed by atoms with Crippen LogP contribution >= 0.6 is 0 Å². The van der Waals surface area contributed by atoms with Gasteiger partial charge in [-0.25, -0.2) is 0 Å². The number of phenolic OH excluding ortho intramolecular Hbond substituents is 4. The Hall–Kier alpha value is -2.36. The number of hydrogen-bond donors (Lipinski definition) is 4. The quantitative estimate of drug-likeness (QED) is 0.484. The molecule has 2 aromatic rings. The van der Waals surface area contributed by atoms with Gasteiger partial charge in [-0.1, -0.05) is 18.6 Å². The van der Waals surface area contributed by atoms with Crippen LogP contribution in [0.1, 0.15) is 30.4 Å². The van der Waals surface area contributed by atoms with Crippen LogP contribution in [0.15, 0.2) is 36.4 Å². The summed E-state index contributed by atoms with van der Waals surface area (Å²) in [5.74, 6) is -0.337. The van der Waals surface area contributed by atoms with Gasteiger partial charge in [0, 0.05) is 0 Å². The normalized spacial score (nSPS) is 10.7. The first-order valence-corrected chi connectivity index (χ1v) is 7.08. The standard InChI is InChI=1S/C17H20O4/c18-14-8-6-12(10-16(14)20)4-2-1-3-5-13-7-9-15(19)17(21)11-13/h6-11,18-21H,1-5H2. The fourth-order valence-corrected chi connectivity index (χ4v) is 2.28. The lowest BCUT2D eigenvalue weighted by molar-refractivity contribution is 0.403. The topological polar surface area (TPSA) is 80.9 Å². The first-order chi connectivity index (χ1) is 10.1. The summed E-state index contributed by atoms with van der Waals surface area (Å²) in [4.78, 5) is 0. The maximum atomic E-state index is 9.41. The average molecular weight is 288 g/mol. The molecule has 0 bridgehead atoms. The Morgan fingerprint density at radius 1 is 0.524 bits per heavy atom. The molecule has 0 aromatic heterocycles. The summed E-state index contributed by atoms with van der Waals surface area (Å²) in [6.07, 6.45) is 4.73. The van der Waals surface area contributed by atoms with Crippen molar-refractivity contribution in [1.29, 1.82) is 0 Å². The van der Waals surface area contributed by atoms with E-state index in [0.717, 1.165) is 43.2 Å². The highest BCUT2D eigenvalue weighted by Gasteiger charge is 2.02.